The molecule has 0 aromatic heterocycles. The van der Waals surface area contributed by atoms with E-state index in [0.29, 0.717) is 12.3 Å². The van der Waals surface area contributed by atoms with Crippen molar-refractivity contribution in [3.8, 4) is 0 Å². The monoisotopic (exact) mass is 254 g/mol. The quantitative estimate of drug-likeness (QED) is 0.505. The van der Waals surface area contributed by atoms with Crippen LogP contribution >= 0.6 is 0 Å². The summed E-state index contributed by atoms with van der Waals surface area (Å²) in [7, 11) is 0. The summed E-state index contributed by atoms with van der Waals surface area (Å²) in [5.41, 5.74) is 0. The Balaban J connectivity index is 1.64. The molecule has 0 amide bonds. The Bertz CT molecular complexity index is 231. The normalized spacial score (nSPS) is 26.1. The van der Waals surface area contributed by atoms with Crippen LogP contribution in [0.25, 0.3) is 0 Å². The number of nitrogens with zero attached hydrogens (tertiary/aromatic N) is 2. The maximum atomic E-state index is 4.42. The largest absolute Gasteiger partial charge is 0.301 e. The van der Waals surface area contributed by atoms with E-state index >= 15 is 0 Å². The van der Waals surface area contributed by atoms with Gasteiger partial charge in [-0.1, -0.05) is 0 Å². The minimum atomic E-state index is 0.278. The average molecular weight is 254 g/mol. The molecule has 0 aromatic rings. The van der Waals surface area contributed by atoms with E-state index in [1.165, 1.54) is 0 Å². The van der Waals surface area contributed by atoms with Crippen molar-refractivity contribution in [3.05, 3.63) is 0 Å². The van der Waals surface area contributed by atoms with E-state index in [4.69, 9.17) is 0 Å². The second-order valence-corrected chi connectivity index (χ2v) is 5.32. The van der Waals surface area contributed by atoms with Gasteiger partial charge in [0.1, 0.15) is 0 Å². The molecule has 2 unspecified atom stereocenters. The van der Waals surface area contributed by atoms with Gasteiger partial charge >= 0.3 is 0 Å². The van der Waals surface area contributed by atoms with Crippen LogP contribution in [-0.2, 0) is 0 Å². The average Bonchev–Trinajstić information content (AvgIpc) is 2.99. The maximum absolute atomic E-state index is 4.42. The summed E-state index contributed by atoms with van der Waals surface area (Å²) in [5.74, 6) is 0. The first-order valence-corrected chi connectivity index (χ1v) is 7.07. The van der Waals surface area contributed by atoms with Gasteiger partial charge in [0, 0.05) is 26.2 Å². The van der Waals surface area contributed by atoms with Crippen LogP contribution in [0.1, 0.15) is 26.7 Å². The van der Waals surface area contributed by atoms with Gasteiger partial charge in [-0.2, -0.15) is 10.2 Å². The fourth-order valence-electron chi connectivity index (χ4n) is 2.47. The highest BCUT2D eigenvalue weighted by Crippen LogP contribution is 2.07. The van der Waals surface area contributed by atoms with Crippen molar-refractivity contribution in [2.45, 2.75) is 51.1 Å². The molecule has 2 rings (SSSR count). The molecule has 2 atom stereocenters. The molecule has 0 radical (unpaired) electrons. The molecule has 0 aliphatic carbocycles. The van der Waals surface area contributed by atoms with E-state index in [1.807, 2.05) is 0 Å². The van der Waals surface area contributed by atoms with Crippen LogP contribution in [-0.4, -0.2) is 50.6 Å². The first kappa shape index (κ1) is 13.9. The van der Waals surface area contributed by atoms with E-state index in [9.17, 15) is 0 Å². The van der Waals surface area contributed by atoms with Crippen molar-refractivity contribution in [3.63, 3.8) is 0 Å². The highest BCUT2D eigenvalue weighted by molar-refractivity contribution is 4.78. The summed E-state index contributed by atoms with van der Waals surface area (Å²) in [6.45, 7) is 8.50. The number of azo groups is 1. The lowest BCUT2D eigenvalue weighted by atomic mass is 10.2. The van der Waals surface area contributed by atoms with Crippen LogP contribution in [0.5, 0.6) is 0 Å². The van der Waals surface area contributed by atoms with Crippen LogP contribution in [0.15, 0.2) is 10.2 Å². The van der Waals surface area contributed by atoms with Gasteiger partial charge in [0.15, 0.2) is 0 Å². The Kier molecular flexibility index (Phi) is 5.49. The van der Waals surface area contributed by atoms with Gasteiger partial charge in [0.25, 0.3) is 0 Å². The van der Waals surface area contributed by atoms with Crippen molar-refractivity contribution in [2.75, 3.05) is 26.2 Å². The van der Waals surface area contributed by atoms with E-state index in [-0.39, 0.29) is 12.1 Å². The smallest absolute Gasteiger partial charge is 0.0707 e. The fraction of sp³-hybridized carbons (Fsp3) is 1.00. The molecule has 104 valence electrons. The van der Waals surface area contributed by atoms with Crippen molar-refractivity contribution >= 4 is 0 Å². The zero-order valence-electron chi connectivity index (χ0n) is 11.4. The zero-order chi connectivity index (χ0) is 12.8. The Morgan fingerprint density at radius 3 is 1.44 bits per heavy atom. The first-order valence-electron chi connectivity index (χ1n) is 7.07. The topological polar surface area (TPSA) is 72.8 Å². The van der Waals surface area contributed by atoms with Gasteiger partial charge < -0.3 is 21.3 Å². The van der Waals surface area contributed by atoms with Gasteiger partial charge in [0.2, 0.25) is 0 Å². The standard InChI is InChI=1S/C12H26N6/c1-9(7-11-13-3-4-14-11)17-18-10(2)8-12-15-5-6-16-12/h9-16H,3-8H2,1-2H3. The SMILES string of the molecule is CC(CC1NCCN1)N=NC(C)CC1NCCN1. The molecule has 2 heterocycles. The molecule has 6 heteroatoms. The molecule has 6 nitrogen and oxygen atoms in total. The molecule has 0 aromatic carbocycles. The summed E-state index contributed by atoms with van der Waals surface area (Å²) in [6.07, 6.45) is 2.84. The highest BCUT2D eigenvalue weighted by Gasteiger charge is 2.17. The number of rotatable bonds is 6. The molecule has 2 fully saturated rings. The van der Waals surface area contributed by atoms with Gasteiger partial charge in [-0.05, 0) is 26.7 Å². The Morgan fingerprint density at radius 1 is 0.778 bits per heavy atom. The molecular weight excluding hydrogens is 228 g/mol. The molecule has 4 N–H and O–H groups in total. The molecule has 2 aliphatic rings. The lowest BCUT2D eigenvalue weighted by molar-refractivity contribution is 0.435. The van der Waals surface area contributed by atoms with Gasteiger partial charge in [0.05, 0.1) is 24.4 Å². The fourth-order valence-corrected chi connectivity index (χ4v) is 2.47. The summed E-state index contributed by atoms with van der Waals surface area (Å²) < 4.78 is 0. The van der Waals surface area contributed by atoms with E-state index < -0.39 is 0 Å². The second-order valence-electron chi connectivity index (χ2n) is 5.32. The third-order valence-corrected chi connectivity index (χ3v) is 3.43. The number of hydrogen-bond donors (Lipinski definition) is 4. The zero-order valence-corrected chi connectivity index (χ0v) is 11.4. The van der Waals surface area contributed by atoms with E-state index in [2.05, 4.69) is 45.3 Å². The minimum absolute atomic E-state index is 0.278. The number of nitrogens with one attached hydrogen (secondary N) is 4. The maximum Gasteiger partial charge on any atom is 0.0707 e. The lowest BCUT2D eigenvalue weighted by Gasteiger charge is -2.15. The van der Waals surface area contributed by atoms with Crippen molar-refractivity contribution < 1.29 is 0 Å². The van der Waals surface area contributed by atoms with Gasteiger partial charge in [-0.25, -0.2) is 0 Å². The molecule has 18 heavy (non-hydrogen) atoms. The minimum Gasteiger partial charge on any atom is -0.301 e. The number of hydrogen-bond acceptors (Lipinski definition) is 6. The first-order chi connectivity index (χ1) is 8.74. The summed E-state index contributed by atoms with van der Waals surface area (Å²) in [6, 6.07) is 0.556. The molecule has 2 aliphatic heterocycles. The van der Waals surface area contributed by atoms with Crippen LogP contribution in [0.2, 0.25) is 0 Å². The molecule has 2 saturated heterocycles. The van der Waals surface area contributed by atoms with E-state index in [1.54, 1.807) is 0 Å². The molecular formula is C12H26N6. The van der Waals surface area contributed by atoms with Crippen LogP contribution in [0, 0.1) is 0 Å². The van der Waals surface area contributed by atoms with Crippen LogP contribution < -0.4 is 21.3 Å². The predicted octanol–water partition coefficient (Wildman–Crippen LogP) is 0.0336. The third-order valence-electron chi connectivity index (χ3n) is 3.43. The van der Waals surface area contributed by atoms with Gasteiger partial charge in [-0.3, -0.25) is 0 Å². The van der Waals surface area contributed by atoms with Crippen molar-refractivity contribution in [2.24, 2.45) is 10.2 Å². The summed E-state index contributed by atoms with van der Waals surface area (Å²) in [4.78, 5) is 0. The van der Waals surface area contributed by atoms with Gasteiger partial charge in [-0.15, -0.1) is 0 Å². The predicted molar refractivity (Wildman–Crippen MR) is 72.6 cm³/mol. The Labute approximate surface area is 109 Å². The third kappa shape index (κ3) is 4.61. The molecule has 0 bridgehead atoms. The van der Waals surface area contributed by atoms with Crippen LogP contribution in [0.4, 0.5) is 0 Å². The molecule has 0 saturated carbocycles. The summed E-state index contributed by atoms with van der Waals surface area (Å²) in [5, 5.41) is 22.4. The highest BCUT2D eigenvalue weighted by atomic mass is 15.2. The lowest BCUT2D eigenvalue weighted by Crippen LogP contribution is -2.34. The summed E-state index contributed by atoms with van der Waals surface area (Å²) >= 11 is 0. The van der Waals surface area contributed by atoms with Crippen LogP contribution in [0.3, 0.4) is 0 Å². The molecule has 0 spiro atoms. The Hall–Kier alpha value is -0.560. The second kappa shape index (κ2) is 7.13. The van der Waals surface area contributed by atoms with Crippen molar-refractivity contribution in [1.29, 1.82) is 0 Å². The Morgan fingerprint density at radius 2 is 1.11 bits per heavy atom. The van der Waals surface area contributed by atoms with E-state index in [0.717, 1.165) is 39.0 Å². The van der Waals surface area contributed by atoms with Crippen molar-refractivity contribution in [1.82, 2.24) is 21.3 Å².